The Labute approximate surface area is 119 Å². The van der Waals surface area contributed by atoms with E-state index in [-0.39, 0.29) is 0 Å². The summed E-state index contributed by atoms with van der Waals surface area (Å²) < 4.78 is 0. The number of anilines is 1. The van der Waals surface area contributed by atoms with Crippen molar-refractivity contribution in [2.45, 2.75) is 13.0 Å². The lowest BCUT2D eigenvalue weighted by molar-refractivity contribution is 0.796. The standard InChI is InChI=1S/C17H15N3/c18-11-6-12-20(17-9-2-1-3-10-17)14-16-8-5-4-7-15(16)13-19/h1-5,7-10H,6,12,14H2. The molecule has 0 radical (unpaired) electrons. The highest BCUT2D eigenvalue weighted by Gasteiger charge is 2.09. The lowest BCUT2D eigenvalue weighted by Crippen LogP contribution is -2.24. The molecule has 0 unspecified atom stereocenters. The minimum atomic E-state index is 0.462. The van der Waals surface area contributed by atoms with Crippen LogP contribution in [0.25, 0.3) is 0 Å². The number of nitriles is 2. The van der Waals surface area contributed by atoms with Crippen LogP contribution in [0.4, 0.5) is 5.69 Å². The predicted molar refractivity (Wildman–Crippen MR) is 78.9 cm³/mol. The van der Waals surface area contributed by atoms with Crippen LogP contribution >= 0.6 is 0 Å². The highest BCUT2D eigenvalue weighted by Crippen LogP contribution is 2.18. The van der Waals surface area contributed by atoms with Crippen LogP contribution in [0.2, 0.25) is 0 Å². The van der Waals surface area contributed by atoms with E-state index >= 15 is 0 Å². The highest BCUT2D eigenvalue weighted by atomic mass is 15.1. The maximum Gasteiger partial charge on any atom is 0.0995 e. The fraction of sp³-hybridized carbons (Fsp3) is 0.176. The molecule has 2 rings (SSSR count). The van der Waals surface area contributed by atoms with Gasteiger partial charge >= 0.3 is 0 Å². The molecule has 0 spiro atoms. The maximum atomic E-state index is 9.16. The van der Waals surface area contributed by atoms with Crippen LogP contribution in [-0.4, -0.2) is 6.54 Å². The van der Waals surface area contributed by atoms with E-state index < -0.39 is 0 Å². The Balaban J connectivity index is 2.25. The zero-order chi connectivity index (χ0) is 14.2. The van der Waals surface area contributed by atoms with E-state index in [0.29, 0.717) is 25.1 Å². The molecule has 0 N–H and O–H groups in total. The first-order valence-electron chi connectivity index (χ1n) is 6.50. The summed E-state index contributed by atoms with van der Waals surface area (Å²) in [7, 11) is 0. The third kappa shape index (κ3) is 3.37. The Hall–Kier alpha value is -2.78. The molecule has 0 saturated heterocycles. The predicted octanol–water partition coefficient (Wildman–Crippen LogP) is 3.48. The monoisotopic (exact) mass is 261 g/mol. The SMILES string of the molecule is N#CCCN(Cc1ccccc1C#N)c1ccccc1. The largest absolute Gasteiger partial charge is 0.366 e. The van der Waals surface area contributed by atoms with Gasteiger partial charge in [0.25, 0.3) is 0 Å². The molecule has 0 amide bonds. The third-order valence-electron chi connectivity index (χ3n) is 3.11. The van der Waals surface area contributed by atoms with Crippen LogP contribution < -0.4 is 4.90 Å². The third-order valence-corrected chi connectivity index (χ3v) is 3.11. The molecule has 3 nitrogen and oxygen atoms in total. The summed E-state index contributed by atoms with van der Waals surface area (Å²) in [6.45, 7) is 1.29. The number of nitrogens with zero attached hydrogens (tertiary/aromatic N) is 3. The van der Waals surface area contributed by atoms with Crippen molar-refractivity contribution >= 4 is 5.69 Å². The van der Waals surface area contributed by atoms with Gasteiger partial charge < -0.3 is 4.90 Å². The molecule has 0 saturated carbocycles. The van der Waals surface area contributed by atoms with E-state index in [1.54, 1.807) is 0 Å². The van der Waals surface area contributed by atoms with E-state index in [9.17, 15) is 0 Å². The van der Waals surface area contributed by atoms with Gasteiger partial charge in [-0.25, -0.2) is 0 Å². The van der Waals surface area contributed by atoms with Crippen LogP contribution in [0.1, 0.15) is 17.5 Å². The van der Waals surface area contributed by atoms with Gasteiger partial charge in [0.05, 0.1) is 24.1 Å². The van der Waals surface area contributed by atoms with Crippen molar-refractivity contribution in [1.29, 1.82) is 10.5 Å². The zero-order valence-electron chi connectivity index (χ0n) is 11.2. The van der Waals surface area contributed by atoms with Crippen molar-refractivity contribution in [1.82, 2.24) is 0 Å². The normalized spacial score (nSPS) is 9.50. The molecule has 2 aromatic carbocycles. The second-order valence-electron chi connectivity index (χ2n) is 4.43. The Morgan fingerprint density at radius 2 is 1.60 bits per heavy atom. The van der Waals surface area contributed by atoms with Crippen molar-refractivity contribution < 1.29 is 0 Å². The molecule has 0 bridgehead atoms. The number of benzene rings is 2. The number of para-hydroxylation sites is 1. The molecule has 3 heteroatoms. The summed E-state index contributed by atoms with van der Waals surface area (Å²) in [5, 5.41) is 18.0. The molecular formula is C17H15N3. The quantitative estimate of drug-likeness (QED) is 0.828. The lowest BCUT2D eigenvalue weighted by atomic mass is 10.1. The first-order chi connectivity index (χ1) is 9.85. The minimum absolute atomic E-state index is 0.462. The molecule has 20 heavy (non-hydrogen) atoms. The van der Waals surface area contributed by atoms with Crippen molar-refractivity contribution in [3.05, 3.63) is 65.7 Å². The topological polar surface area (TPSA) is 50.8 Å². The van der Waals surface area contributed by atoms with Crippen molar-refractivity contribution in [3.8, 4) is 12.1 Å². The van der Waals surface area contributed by atoms with Crippen molar-refractivity contribution in [2.24, 2.45) is 0 Å². The summed E-state index contributed by atoms with van der Waals surface area (Å²) in [5.74, 6) is 0. The second kappa shape index (κ2) is 6.97. The maximum absolute atomic E-state index is 9.16. The van der Waals surface area contributed by atoms with Crippen LogP contribution in [-0.2, 0) is 6.54 Å². The lowest BCUT2D eigenvalue weighted by Gasteiger charge is -2.24. The molecule has 98 valence electrons. The van der Waals surface area contributed by atoms with E-state index in [4.69, 9.17) is 10.5 Å². The smallest absolute Gasteiger partial charge is 0.0995 e. The summed E-state index contributed by atoms with van der Waals surface area (Å²) in [5.41, 5.74) is 2.73. The molecule has 0 aliphatic rings. The summed E-state index contributed by atoms with van der Waals surface area (Å²) in [6, 6.07) is 21.9. The van der Waals surface area contributed by atoms with Gasteiger partial charge in [-0.2, -0.15) is 10.5 Å². The average Bonchev–Trinajstić information content (AvgIpc) is 2.52. The Bertz CT molecular complexity index is 635. The summed E-state index contributed by atoms with van der Waals surface area (Å²) in [6.07, 6.45) is 0.462. The van der Waals surface area contributed by atoms with E-state index in [0.717, 1.165) is 11.3 Å². The summed E-state index contributed by atoms with van der Waals surface area (Å²) in [4.78, 5) is 2.12. The van der Waals surface area contributed by atoms with Gasteiger partial charge in [0, 0.05) is 18.8 Å². The average molecular weight is 261 g/mol. The van der Waals surface area contributed by atoms with Crippen LogP contribution in [0.5, 0.6) is 0 Å². The Morgan fingerprint density at radius 3 is 2.30 bits per heavy atom. The molecule has 2 aromatic rings. The fourth-order valence-electron chi connectivity index (χ4n) is 2.10. The van der Waals surface area contributed by atoms with E-state index in [1.807, 2.05) is 54.6 Å². The van der Waals surface area contributed by atoms with Gasteiger partial charge in [0.2, 0.25) is 0 Å². The van der Waals surface area contributed by atoms with Crippen LogP contribution in [0.15, 0.2) is 54.6 Å². The number of hydrogen-bond donors (Lipinski definition) is 0. The number of hydrogen-bond acceptors (Lipinski definition) is 3. The van der Waals surface area contributed by atoms with Crippen LogP contribution in [0.3, 0.4) is 0 Å². The molecule has 0 aromatic heterocycles. The van der Waals surface area contributed by atoms with Crippen LogP contribution in [0, 0.1) is 22.7 Å². The molecule has 0 fully saturated rings. The highest BCUT2D eigenvalue weighted by molar-refractivity contribution is 5.48. The fourth-order valence-corrected chi connectivity index (χ4v) is 2.10. The first-order valence-corrected chi connectivity index (χ1v) is 6.50. The van der Waals surface area contributed by atoms with Gasteiger partial charge in [-0.05, 0) is 23.8 Å². The van der Waals surface area contributed by atoms with Gasteiger partial charge in [0.15, 0.2) is 0 Å². The molecule has 0 aliphatic carbocycles. The molecule has 0 heterocycles. The Kier molecular flexibility index (Phi) is 4.76. The molecule has 0 aliphatic heterocycles. The second-order valence-corrected chi connectivity index (χ2v) is 4.43. The van der Waals surface area contributed by atoms with E-state index in [2.05, 4.69) is 17.0 Å². The summed E-state index contributed by atoms with van der Waals surface area (Å²) >= 11 is 0. The van der Waals surface area contributed by atoms with Gasteiger partial charge in [-0.15, -0.1) is 0 Å². The zero-order valence-corrected chi connectivity index (χ0v) is 11.2. The first kappa shape index (κ1) is 13.6. The molecule has 0 atom stereocenters. The van der Waals surface area contributed by atoms with Gasteiger partial charge in [0.1, 0.15) is 0 Å². The van der Waals surface area contributed by atoms with Gasteiger partial charge in [-0.1, -0.05) is 36.4 Å². The Morgan fingerprint density at radius 1 is 0.900 bits per heavy atom. The van der Waals surface area contributed by atoms with E-state index in [1.165, 1.54) is 0 Å². The van der Waals surface area contributed by atoms with Crippen molar-refractivity contribution in [2.75, 3.05) is 11.4 Å². The van der Waals surface area contributed by atoms with Gasteiger partial charge in [-0.3, -0.25) is 0 Å². The molecular weight excluding hydrogens is 246 g/mol. The number of rotatable bonds is 5. The minimum Gasteiger partial charge on any atom is -0.366 e. The van der Waals surface area contributed by atoms with Crippen molar-refractivity contribution in [3.63, 3.8) is 0 Å².